The van der Waals surface area contributed by atoms with Gasteiger partial charge in [-0.2, -0.15) is 4.98 Å². The van der Waals surface area contributed by atoms with Crippen LogP contribution in [0.5, 0.6) is 0 Å². The predicted molar refractivity (Wildman–Crippen MR) is 63.6 cm³/mol. The average Bonchev–Trinajstić information content (AvgIpc) is 2.74. The lowest BCUT2D eigenvalue weighted by Gasteiger charge is -2.04. The summed E-state index contributed by atoms with van der Waals surface area (Å²) < 4.78 is 30.7. The molecule has 2 aromatic heterocycles. The zero-order valence-corrected chi connectivity index (χ0v) is 10.5. The number of sulfonamides is 1. The van der Waals surface area contributed by atoms with Crippen LogP contribution >= 0.6 is 0 Å². The zero-order chi connectivity index (χ0) is 13.2. The van der Waals surface area contributed by atoms with Crippen molar-refractivity contribution < 1.29 is 12.9 Å². The molecule has 9 heteroatoms. The van der Waals surface area contributed by atoms with E-state index in [-0.39, 0.29) is 10.9 Å². The van der Waals surface area contributed by atoms with Gasteiger partial charge in [0.2, 0.25) is 0 Å². The van der Waals surface area contributed by atoms with E-state index in [1.165, 1.54) is 12.3 Å². The van der Waals surface area contributed by atoms with Gasteiger partial charge in [0.25, 0.3) is 10.0 Å². The molecule has 0 atom stereocenters. The fraction of sp³-hybridized carbons (Fsp3) is 0.222. The van der Waals surface area contributed by atoms with Gasteiger partial charge in [-0.1, -0.05) is 5.16 Å². The molecule has 2 N–H and O–H groups in total. The molecule has 8 nitrogen and oxygen atoms in total. The highest BCUT2D eigenvalue weighted by molar-refractivity contribution is 7.92. The lowest BCUT2D eigenvalue weighted by atomic mass is 10.5. The van der Waals surface area contributed by atoms with Crippen LogP contribution in [-0.4, -0.2) is 30.6 Å². The standard InChI is InChI=1S/C9H11N5O3S/c1-6-12-9(17-13-6)14-18(15,16)7-3-4-8(10-2)11-5-7/h3-5H,1-2H3,(H,10,11)(H,12,13,14). The molecular weight excluding hydrogens is 258 g/mol. The monoisotopic (exact) mass is 269 g/mol. The Morgan fingerprint density at radius 1 is 1.33 bits per heavy atom. The second-order valence-corrected chi connectivity index (χ2v) is 5.06. The predicted octanol–water partition coefficient (Wildman–Crippen LogP) is 0.616. The van der Waals surface area contributed by atoms with Crippen molar-refractivity contribution in [2.24, 2.45) is 0 Å². The third kappa shape index (κ3) is 2.56. The Bertz CT molecular complexity index is 634. The molecule has 0 fully saturated rings. The summed E-state index contributed by atoms with van der Waals surface area (Å²) in [6.07, 6.45) is 1.23. The van der Waals surface area contributed by atoms with Crippen LogP contribution in [0.3, 0.4) is 0 Å². The van der Waals surface area contributed by atoms with E-state index in [0.717, 1.165) is 0 Å². The third-order valence-corrected chi connectivity index (χ3v) is 3.36. The lowest BCUT2D eigenvalue weighted by Crippen LogP contribution is -2.13. The molecule has 2 heterocycles. The highest BCUT2D eigenvalue weighted by Crippen LogP contribution is 2.14. The molecule has 2 aromatic rings. The Balaban J connectivity index is 2.24. The van der Waals surface area contributed by atoms with Gasteiger partial charge in [-0.25, -0.2) is 18.1 Å². The molecule has 96 valence electrons. The number of nitrogens with one attached hydrogen (secondary N) is 2. The van der Waals surface area contributed by atoms with Gasteiger partial charge in [-0.15, -0.1) is 0 Å². The molecule has 0 spiro atoms. The number of hydrogen-bond acceptors (Lipinski definition) is 7. The maximum atomic E-state index is 11.9. The number of aryl methyl sites for hydroxylation is 1. The first-order valence-corrected chi connectivity index (χ1v) is 6.46. The Morgan fingerprint density at radius 2 is 2.11 bits per heavy atom. The summed E-state index contributed by atoms with van der Waals surface area (Å²) in [5.41, 5.74) is 0. The van der Waals surface area contributed by atoms with Crippen molar-refractivity contribution in [1.29, 1.82) is 0 Å². The van der Waals surface area contributed by atoms with Crippen LogP contribution in [0.25, 0.3) is 0 Å². The number of pyridine rings is 1. The van der Waals surface area contributed by atoms with E-state index in [4.69, 9.17) is 0 Å². The molecular formula is C9H11N5O3S. The smallest absolute Gasteiger partial charge is 0.335 e. The molecule has 0 saturated heterocycles. The van der Waals surface area contributed by atoms with Crippen molar-refractivity contribution in [3.05, 3.63) is 24.2 Å². The summed E-state index contributed by atoms with van der Waals surface area (Å²) in [7, 11) is -2.07. The topological polar surface area (TPSA) is 110 Å². The van der Waals surface area contributed by atoms with Gasteiger partial charge in [0, 0.05) is 13.2 Å². The number of hydrogen-bond donors (Lipinski definition) is 2. The molecule has 18 heavy (non-hydrogen) atoms. The van der Waals surface area contributed by atoms with Crippen LogP contribution in [0.4, 0.5) is 11.8 Å². The average molecular weight is 269 g/mol. The maximum Gasteiger partial charge on any atom is 0.335 e. The van der Waals surface area contributed by atoms with Crippen LogP contribution < -0.4 is 10.0 Å². The summed E-state index contributed by atoms with van der Waals surface area (Å²) in [4.78, 5) is 7.68. The maximum absolute atomic E-state index is 11.9. The van der Waals surface area contributed by atoms with Crippen molar-refractivity contribution in [2.75, 3.05) is 17.1 Å². The highest BCUT2D eigenvalue weighted by Gasteiger charge is 2.17. The van der Waals surface area contributed by atoms with Gasteiger partial charge < -0.3 is 9.84 Å². The second kappa shape index (κ2) is 4.61. The summed E-state index contributed by atoms with van der Waals surface area (Å²) in [6, 6.07) is 2.79. The van der Waals surface area contributed by atoms with Crippen molar-refractivity contribution >= 4 is 21.9 Å². The normalized spacial score (nSPS) is 11.2. The van der Waals surface area contributed by atoms with Crippen molar-refractivity contribution in [3.8, 4) is 0 Å². The van der Waals surface area contributed by atoms with Gasteiger partial charge in [0.05, 0.1) is 0 Å². The van der Waals surface area contributed by atoms with Gasteiger partial charge in [-0.05, 0) is 19.1 Å². The van der Waals surface area contributed by atoms with Crippen molar-refractivity contribution in [2.45, 2.75) is 11.8 Å². The number of rotatable bonds is 4. The molecule has 0 aliphatic heterocycles. The second-order valence-electron chi connectivity index (χ2n) is 3.38. The molecule has 0 bridgehead atoms. The molecule has 0 aromatic carbocycles. The van der Waals surface area contributed by atoms with Crippen LogP contribution in [-0.2, 0) is 10.0 Å². The molecule has 0 saturated carbocycles. The minimum atomic E-state index is -3.76. The minimum absolute atomic E-state index is 0.0114. The molecule has 0 amide bonds. The lowest BCUT2D eigenvalue weighted by molar-refractivity contribution is 0.429. The van der Waals surface area contributed by atoms with Crippen molar-refractivity contribution in [1.82, 2.24) is 15.1 Å². The summed E-state index contributed by atoms with van der Waals surface area (Å²) in [5.74, 6) is 0.916. The van der Waals surface area contributed by atoms with E-state index in [1.807, 2.05) is 0 Å². The van der Waals surface area contributed by atoms with E-state index in [2.05, 4.69) is 29.7 Å². The van der Waals surface area contributed by atoms with Crippen LogP contribution in [0.15, 0.2) is 27.7 Å². The van der Waals surface area contributed by atoms with E-state index < -0.39 is 10.0 Å². The molecule has 2 rings (SSSR count). The summed E-state index contributed by atoms with van der Waals surface area (Å²) in [6.45, 7) is 1.59. The van der Waals surface area contributed by atoms with E-state index in [1.54, 1.807) is 20.0 Å². The zero-order valence-electron chi connectivity index (χ0n) is 9.71. The van der Waals surface area contributed by atoms with E-state index in [0.29, 0.717) is 11.6 Å². The summed E-state index contributed by atoms with van der Waals surface area (Å²) in [5, 5.41) is 6.27. The molecule has 0 radical (unpaired) electrons. The Kier molecular flexibility index (Phi) is 3.15. The molecule has 0 aliphatic rings. The first-order valence-electron chi connectivity index (χ1n) is 4.98. The van der Waals surface area contributed by atoms with E-state index >= 15 is 0 Å². The van der Waals surface area contributed by atoms with E-state index in [9.17, 15) is 8.42 Å². The third-order valence-electron chi connectivity index (χ3n) is 2.05. The Hall–Kier alpha value is -2.16. The largest absolute Gasteiger partial charge is 0.373 e. The van der Waals surface area contributed by atoms with Crippen LogP contribution in [0, 0.1) is 6.92 Å². The number of aromatic nitrogens is 3. The van der Waals surface area contributed by atoms with Gasteiger partial charge in [0.1, 0.15) is 10.7 Å². The number of anilines is 2. The molecule has 0 aliphatic carbocycles. The van der Waals surface area contributed by atoms with Crippen LogP contribution in [0.2, 0.25) is 0 Å². The van der Waals surface area contributed by atoms with Gasteiger partial charge in [0.15, 0.2) is 5.82 Å². The highest BCUT2D eigenvalue weighted by atomic mass is 32.2. The Labute approximate surface area is 103 Å². The first-order chi connectivity index (χ1) is 8.51. The van der Waals surface area contributed by atoms with Crippen molar-refractivity contribution in [3.63, 3.8) is 0 Å². The fourth-order valence-electron chi connectivity index (χ4n) is 1.20. The van der Waals surface area contributed by atoms with Crippen LogP contribution in [0.1, 0.15) is 5.82 Å². The minimum Gasteiger partial charge on any atom is -0.373 e. The first kappa shape index (κ1) is 12.3. The SMILES string of the molecule is CNc1ccc(S(=O)(=O)Nc2nc(C)no2)cn1. The van der Waals surface area contributed by atoms with Gasteiger partial charge >= 0.3 is 6.01 Å². The molecule has 0 unspecified atom stereocenters. The Morgan fingerprint density at radius 3 is 2.61 bits per heavy atom. The van der Waals surface area contributed by atoms with Gasteiger partial charge in [-0.3, -0.25) is 0 Å². The number of nitrogens with zero attached hydrogens (tertiary/aromatic N) is 3. The summed E-state index contributed by atoms with van der Waals surface area (Å²) >= 11 is 0. The quantitative estimate of drug-likeness (QED) is 0.836. The fourth-order valence-corrected chi connectivity index (χ4v) is 2.07.